The Morgan fingerprint density at radius 3 is 2.87 bits per heavy atom. The van der Waals surface area contributed by atoms with Crippen molar-refractivity contribution >= 4 is 36.2 Å². The number of aryl methyl sites for hydroxylation is 1. The van der Waals surface area contributed by atoms with Gasteiger partial charge in [0.1, 0.15) is 0 Å². The van der Waals surface area contributed by atoms with Gasteiger partial charge in [-0.1, -0.05) is 0 Å². The largest absolute Gasteiger partial charge is 0.326 e. The first-order valence-corrected chi connectivity index (χ1v) is 5.68. The van der Waals surface area contributed by atoms with E-state index in [1.54, 1.807) is 4.88 Å². The molecule has 2 rings (SSSR count). The van der Waals surface area contributed by atoms with Gasteiger partial charge in [0.2, 0.25) is 0 Å². The number of likely N-dealkylation sites (N-methyl/N-ethyl adjacent to an activating group) is 1. The van der Waals surface area contributed by atoms with Crippen LogP contribution in [-0.2, 0) is 19.4 Å². The summed E-state index contributed by atoms with van der Waals surface area (Å²) < 4.78 is 0. The van der Waals surface area contributed by atoms with Gasteiger partial charge in [0, 0.05) is 17.5 Å². The number of thiophene rings is 1. The molecule has 1 aliphatic rings. The molecule has 0 spiro atoms. The first-order valence-electron chi connectivity index (χ1n) is 4.80. The minimum atomic E-state index is 0. The van der Waals surface area contributed by atoms with E-state index in [2.05, 4.69) is 10.7 Å². The van der Waals surface area contributed by atoms with Crippen molar-refractivity contribution in [2.45, 2.75) is 31.8 Å². The molecule has 0 radical (unpaired) electrons. The Morgan fingerprint density at radius 2 is 2.27 bits per heavy atom. The highest BCUT2D eigenvalue weighted by Gasteiger charge is 2.20. The predicted octanol–water partition coefficient (Wildman–Crippen LogP) is 2.13. The van der Waals surface area contributed by atoms with Crippen molar-refractivity contribution in [2.75, 3.05) is 7.05 Å². The first kappa shape index (κ1) is 15.2. The van der Waals surface area contributed by atoms with E-state index in [9.17, 15) is 0 Å². The lowest BCUT2D eigenvalue weighted by molar-refractivity contribution is 0.498. The molecule has 0 saturated carbocycles. The average molecular weight is 269 g/mol. The minimum absolute atomic E-state index is 0. The van der Waals surface area contributed by atoms with E-state index in [1.165, 1.54) is 30.4 Å². The minimum Gasteiger partial charge on any atom is -0.326 e. The second kappa shape index (κ2) is 6.71. The summed E-state index contributed by atoms with van der Waals surface area (Å²) in [6.45, 7) is 0.697. The van der Waals surface area contributed by atoms with Crippen LogP contribution in [0.3, 0.4) is 0 Å². The van der Waals surface area contributed by atoms with Crippen LogP contribution in [0, 0.1) is 0 Å². The van der Waals surface area contributed by atoms with Gasteiger partial charge in [-0.3, -0.25) is 0 Å². The molecule has 5 heteroatoms. The molecular weight excluding hydrogens is 251 g/mol. The van der Waals surface area contributed by atoms with Crippen molar-refractivity contribution in [3.8, 4) is 0 Å². The summed E-state index contributed by atoms with van der Waals surface area (Å²) >= 11 is 1.88. The molecule has 1 unspecified atom stereocenters. The van der Waals surface area contributed by atoms with Crippen LogP contribution in [-0.4, -0.2) is 13.1 Å². The fourth-order valence-corrected chi connectivity index (χ4v) is 3.11. The van der Waals surface area contributed by atoms with Crippen LogP contribution in [0.25, 0.3) is 0 Å². The SMILES string of the molecule is CNC1CCc2scc(CN)c2C1.Cl.Cl. The standard InChI is InChI=1S/C10H16N2S.2ClH/c1-12-8-2-3-10-9(4-8)7(5-11)6-13-10;;/h6,8,12H,2-5,11H2,1H3;2*1H. The molecule has 15 heavy (non-hydrogen) atoms. The molecule has 0 saturated heterocycles. The predicted molar refractivity (Wildman–Crippen MR) is 71.6 cm³/mol. The zero-order valence-corrected chi connectivity index (χ0v) is 11.2. The summed E-state index contributed by atoms with van der Waals surface area (Å²) in [5.41, 5.74) is 8.58. The van der Waals surface area contributed by atoms with Crippen molar-refractivity contribution in [3.63, 3.8) is 0 Å². The molecule has 1 aromatic rings. The van der Waals surface area contributed by atoms with Crippen molar-refractivity contribution in [1.29, 1.82) is 0 Å². The first-order chi connectivity index (χ1) is 6.35. The Morgan fingerprint density at radius 1 is 1.53 bits per heavy atom. The second-order valence-electron chi connectivity index (χ2n) is 3.60. The van der Waals surface area contributed by atoms with Crippen LogP contribution in [0.15, 0.2) is 5.38 Å². The number of hydrogen-bond acceptors (Lipinski definition) is 3. The van der Waals surface area contributed by atoms with Gasteiger partial charge in [0.05, 0.1) is 0 Å². The van der Waals surface area contributed by atoms with Crippen LogP contribution < -0.4 is 11.1 Å². The number of nitrogens with one attached hydrogen (secondary N) is 1. The molecule has 0 bridgehead atoms. The number of rotatable bonds is 2. The van der Waals surface area contributed by atoms with Gasteiger partial charge in [-0.15, -0.1) is 36.2 Å². The third kappa shape index (κ3) is 3.08. The highest BCUT2D eigenvalue weighted by atomic mass is 35.5. The van der Waals surface area contributed by atoms with Crippen molar-refractivity contribution < 1.29 is 0 Å². The zero-order chi connectivity index (χ0) is 9.26. The summed E-state index contributed by atoms with van der Waals surface area (Å²) in [5, 5.41) is 5.57. The summed E-state index contributed by atoms with van der Waals surface area (Å²) in [7, 11) is 2.05. The lowest BCUT2D eigenvalue weighted by atomic mass is 9.92. The smallest absolute Gasteiger partial charge is 0.0189 e. The Labute approximate surface area is 107 Å². The Kier molecular flexibility index (Phi) is 6.80. The van der Waals surface area contributed by atoms with Gasteiger partial charge >= 0.3 is 0 Å². The van der Waals surface area contributed by atoms with E-state index in [-0.39, 0.29) is 24.8 Å². The van der Waals surface area contributed by atoms with E-state index in [1.807, 2.05) is 18.4 Å². The van der Waals surface area contributed by atoms with E-state index in [0.29, 0.717) is 12.6 Å². The lowest BCUT2D eigenvalue weighted by Gasteiger charge is -2.22. The summed E-state index contributed by atoms with van der Waals surface area (Å²) in [4.78, 5) is 1.56. The summed E-state index contributed by atoms with van der Waals surface area (Å²) in [6, 6.07) is 0.660. The maximum absolute atomic E-state index is 5.69. The van der Waals surface area contributed by atoms with E-state index in [0.717, 1.165) is 0 Å². The summed E-state index contributed by atoms with van der Waals surface area (Å²) in [6.07, 6.45) is 3.67. The van der Waals surface area contributed by atoms with Crippen LogP contribution in [0.2, 0.25) is 0 Å². The molecule has 1 heterocycles. The maximum atomic E-state index is 5.69. The topological polar surface area (TPSA) is 38.0 Å². The number of hydrogen-bond donors (Lipinski definition) is 2. The maximum Gasteiger partial charge on any atom is 0.0189 e. The monoisotopic (exact) mass is 268 g/mol. The number of halogens is 2. The average Bonchev–Trinajstić information content (AvgIpc) is 2.59. The van der Waals surface area contributed by atoms with E-state index >= 15 is 0 Å². The molecule has 2 nitrogen and oxygen atoms in total. The van der Waals surface area contributed by atoms with Crippen LogP contribution in [0.5, 0.6) is 0 Å². The van der Waals surface area contributed by atoms with Crippen LogP contribution in [0.4, 0.5) is 0 Å². The Bertz CT molecular complexity index is 288. The third-order valence-electron chi connectivity index (χ3n) is 2.87. The molecule has 0 aromatic carbocycles. The molecule has 0 fully saturated rings. The zero-order valence-electron chi connectivity index (χ0n) is 8.79. The highest BCUT2D eigenvalue weighted by molar-refractivity contribution is 7.10. The fourth-order valence-electron chi connectivity index (χ4n) is 1.99. The Balaban J connectivity index is 0.000000980. The molecule has 0 amide bonds. The lowest BCUT2D eigenvalue weighted by Crippen LogP contribution is -2.31. The van der Waals surface area contributed by atoms with Crippen molar-refractivity contribution in [2.24, 2.45) is 5.73 Å². The quantitative estimate of drug-likeness (QED) is 0.863. The molecule has 1 aliphatic carbocycles. The van der Waals surface area contributed by atoms with E-state index < -0.39 is 0 Å². The van der Waals surface area contributed by atoms with Gasteiger partial charge in [0.25, 0.3) is 0 Å². The van der Waals surface area contributed by atoms with Crippen LogP contribution in [0.1, 0.15) is 22.4 Å². The molecule has 88 valence electrons. The van der Waals surface area contributed by atoms with E-state index in [4.69, 9.17) is 5.73 Å². The van der Waals surface area contributed by atoms with Crippen LogP contribution >= 0.6 is 36.2 Å². The molecule has 1 atom stereocenters. The third-order valence-corrected chi connectivity index (χ3v) is 4.00. The molecule has 0 aliphatic heterocycles. The van der Waals surface area contributed by atoms with Crippen molar-refractivity contribution in [1.82, 2.24) is 5.32 Å². The fraction of sp³-hybridized carbons (Fsp3) is 0.600. The molecule has 1 aromatic heterocycles. The van der Waals surface area contributed by atoms with Gasteiger partial charge in [-0.2, -0.15) is 0 Å². The second-order valence-corrected chi connectivity index (χ2v) is 4.56. The van der Waals surface area contributed by atoms with Gasteiger partial charge < -0.3 is 11.1 Å². The normalized spacial score (nSPS) is 18.7. The van der Waals surface area contributed by atoms with Gasteiger partial charge in [-0.05, 0) is 42.8 Å². The number of nitrogens with two attached hydrogens (primary N) is 1. The molecular formula is C10H18Cl2N2S. The Hall–Kier alpha value is 0.200. The molecule has 3 N–H and O–H groups in total. The highest BCUT2D eigenvalue weighted by Crippen LogP contribution is 2.29. The van der Waals surface area contributed by atoms with Gasteiger partial charge in [-0.25, -0.2) is 0 Å². The van der Waals surface area contributed by atoms with Gasteiger partial charge in [0.15, 0.2) is 0 Å². The number of fused-ring (bicyclic) bond motifs is 1. The summed E-state index contributed by atoms with van der Waals surface area (Å²) in [5.74, 6) is 0. The van der Waals surface area contributed by atoms with Crippen molar-refractivity contribution in [3.05, 3.63) is 21.4 Å².